The fourth-order valence-corrected chi connectivity index (χ4v) is 4.50. The summed E-state index contributed by atoms with van der Waals surface area (Å²) in [6.07, 6.45) is 0. The lowest BCUT2D eigenvalue weighted by Crippen LogP contribution is -2.41. The SMILES string of the molecule is COc1ccc(-c2cc(-c3ccc(N=NN4CCN(C)CC4)cc3)nc3[nH]c(=S)nc(NC(N)=S)c23)cc1. The minimum absolute atomic E-state index is 0.0884. The zero-order chi connectivity index (χ0) is 26.6. The van der Waals surface area contributed by atoms with E-state index in [1.165, 1.54) is 0 Å². The summed E-state index contributed by atoms with van der Waals surface area (Å²) in [6, 6.07) is 17.6. The smallest absolute Gasteiger partial charge is 0.200 e. The van der Waals surface area contributed by atoms with Crippen molar-refractivity contribution in [2.24, 2.45) is 16.1 Å². The minimum Gasteiger partial charge on any atom is -0.497 e. The fraction of sp³-hybridized carbons (Fsp3) is 0.231. The Kier molecular flexibility index (Phi) is 7.54. The molecule has 0 aliphatic carbocycles. The molecule has 2 aromatic carbocycles. The fourth-order valence-electron chi connectivity index (χ4n) is 4.21. The van der Waals surface area contributed by atoms with Crippen LogP contribution in [0.3, 0.4) is 0 Å². The Morgan fingerprint density at radius 1 is 1.03 bits per heavy atom. The first-order valence-corrected chi connectivity index (χ1v) is 12.8. The van der Waals surface area contributed by atoms with Gasteiger partial charge in [-0.2, -0.15) is 0 Å². The van der Waals surface area contributed by atoms with Crippen LogP contribution in [0.2, 0.25) is 0 Å². The summed E-state index contributed by atoms with van der Waals surface area (Å²) in [4.78, 5) is 14.7. The predicted octanol–water partition coefficient (Wildman–Crippen LogP) is 4.93. The Morgan fingerprint density at radius 3 is 2.37 bits per heavy atom. The number of hydrogen-bond acceptors (Lipinski definition) is 8. The van der Waals surface area contributed by atoms with Gasteiger partial charge in [0.25, 0.3) is 0 Å². The van der Waals surface area contributed by atoms with E-state index in [1.807, 2.05) is 59.6 Å². The standard InChI is InChI=1S/C26H27N9OS2/c1-34-11-13-35(14-12-34)33-32-18-7-3-17(4-8-18)21-15-20(16-5-9-19(36-2)10-6-16)22-23(28-21)30-26(38)31-24(22)29-25(27)37/h3-10,15H,11-14H2,1-2H3,(H4,27,28,29,30,31,37,38). The van der Waals surface area contributed by atoms with Gasteiger partial charge < -0.3 is 25.7 Å². The van der Waals surface area contributed by atoms with Crippen molar-refractivity contribution in [2.75, 3.05) is 45.7 Å². The van der Waals surface area contributed by atoms with Crippen LogP contribution in [0, 0.1) is 4.77 Å². The van der Waals surface area contributed by atoms with Crippen molar-refractivity contribution >= 4 is 52.1 Å². The summed E-state index contributed by atoms with van der Waals surface area (Å²) in [5.74, 6) is 1.20. The first kappa shape index (κ1) is 25.6. The van der Waals surface area contributed by atoms with E-state index in [9.17, 15) is 0 Å². The molecule has 1 fully saturated rings. The third-order valence-electron chi connectivity index (χ3n) is 6.27. The third kappa shape index (κ3) is 5.77. The molecule has 3 heterocycles. The van der Waals surface area contributed by atoms with Crippen LogP contribution in [0.25, 0.3) is 33.4 Å². The molecule has 10 nitrogen and oxygen atoms in total. The summed E-state index contributed by atoms with van der Waals surface area (Å²) in [5, 5.41) is 14.6. The number of benzene rings is 2. The summed E-state index contributed by atoms with van der Waals surface area (Å²) >= 11 is 10.4. The van der Waals surface area contributed by atoms with E-state index < -0.39 is 0 Å². The number of rotatable bonds is 6. The highest BCUT2D eigenvalue weighted by atomic mass is 32.1. The first-order valence-electron chi connectivity index (χ1n) is 12.0. The van der Waals surface area contributed by atoms with E-state index in [2.05, 4.69) is 37.6 Å². The van der Waals surface area contributed by atoms with Crippen molar-refractivity contribution in [2.45, 2.75) is 0 Å². The number of thiocarbonyl (C=S) groups is 1. The quantitative estimate of drug-likeness (QED) is 0.229. The maximum Gasteiger partial charge on any atom is 0.200 e. The van der Waals surface area contributed by atoms with Gasteiger partial charge in [0.05, 0.1) is 37.0 Å². The number of anilines is 1. The molecular weight excluding hydrogens is 518 g/mol. The highest BCUT2D eigenvalue weighted by Gasteiger charge is 2.16. The number of piperazine rings is 1. The van der Waals surface area contributed by atoms with Crippen molar-refractivity contribution in [1.82, 2.24) is 24.9 Å². The van der Waals surface area contributed by atoms with E-state index in [0.29, 0.717) is 11.5 Å². The van der Waals surface area contributed by atoms with Gasteiger partial charge in [0.1, 0.15) is 17.2 Å². The molecular formula is C26H27N9OS2. The second kappa shape index (κ2) is 11.2. The Hall–Kier alpha value is -4.00. The molecule has 0 radical (unpaired) electrons. The number of nitrogens with two attached hydrogens (primary N) is 1. The highest BCUT2D eigenvalue weighted by Crippen LogP contribution is 2.35. The number of likely N-dealkylation sites (N-methyl/N-ethyl adjacent to an activating group) is 1. The monoisotopic (exact) mass is 545 g/mol. The number of hydrogen-bond donors (Lipinski definition) is 3. The van der Waals surface area contributed by atoms with Gasteiger partial charge in [-0.25, -0.2) is 9.97 Å². The third-order valence-corrected chi connectivity index (χ3v) is 6.56. The summed E-state index contributed by atoms with van der Waals surface area (Å²) in [7, 11) is 3.75. The highest BCUT2D eigenvalue weighted by molar-refractivity contribution is 7.80. The van der Waals surface area contributed by atoms with Crippen LogP contribution in [-0.2, 0) is 0 Å². The van der Waals surface area contributed by atoms with Crippen molar-refractivity contribution in [3.05, 3.63) is 59.4 Å². The molecule has 194 valence electrons. The lowest BCUT2D eigenvalue weighted by atomic mass is 9.99. The van der Waals surface area contributed by atoms with E-state index in [4.69, 9.17) is 39.9 Å². The Labute approximate surface area is 230 Å². The molecule has 38 heavy (non-hydrogen) atoms. The summed E-state index contributed by atoms with van der Waals surface area (Å²) in [6.45, 7) is 3.70. The lowest BCUT2D eigenvalue weighted by Gasteiger charge is -2.29. The number of aromatic nitrogens is 3. The van der Waals surface area contributed by atoms with E-state index >= 15 is 0 Å². The van der Waals surface area contributed by atoms with Crippen molar-refractivity contribution < 1.29 is 4.74 Å². The van der Waals surface area contributed by atoms with Gasteiger partial charge in [-0.3, -0.25) is 5.01 Å². The normalized spacial score (nSPS) is 14.2. The van der Waals surface area contributed by atoms with Crippen molar-refractivity contribution in [3.63, 3.8) is 0 Å². The summed E-state index contributed by atoms with van der Waals surface area (Å²) < 4.78 is 5.60. The second-order valence-electron chi connectivity index (χ2n) is 8.88. The molecule has 0 saturated carbocycles. The van der Waals surface area contributed by atoms with Crippen molar-refractivity contribution in [3.8, 4) is 28.1 Å². The Bertz CT molecular complexity index is 1540. The number of ether oxygens (including phenoxy) is 1. The average Bonchev–Trinajstić information content (AvgIpc) is 2.92. The molecule has 1 aliphatic heterocycles. The number of methoxy groups -OCH3 is 1. The number of nitrogens with one attached hydrogen (secondary N) is 2. The molecule has 2 aromatic heterocycles. The van der Waals surface area contributed by atoms with Gasteiger partial charge in [0.15, 0.2) is 9.88 Å². The van der Waals surface area contributed by atoms with Crippen LogP contribution in [0.15, 0.2) is 64.9 Å². The molecule has 12 heteroatoms. The summed E-state index contributed by atoms with van der Waals surface area (Å²) in [5.41, 5.74) is 10.6. The minimum atomic E-state index is 0.0884. The largest absolute Gasteiger partial charge is 0.497 e. The molecule has 0 amide bonds. The van der Waals surface area contributed by atoms with E-state index in [1.54, 1.807) is 7.11 Å². The number of aromatic amines is 1. The van der Waals surface area contributed by atoms with Gasteiger partial charge >= 0.3 is 0 Å². The molecule has 1 saturated heterocycles. The van der Waals surface area contributed by atoms with Gasteiger partial charge in [-0.15, -0.1) is 5.11 Å². The second-order valence-corrected chi connectivity index (χ2v) is 9.71. The molecule has 0 bridgehead atoms. The number of fused-ring (bicyclic) bond motifs is 1. The maximum atomic E-state index is 5.78. The molecule has 4 N–H and O–H groups in total. The van der Waals surface area contributed by atoms with Crippen LogP contribution in [-0.4, -0.2) is 70.3 Å². The Balaban J connectivity index is 1.55. The van der Waals surface area contributed by atoms with Crippen LogP contribution < -0.4 is 15.8 Å². The molecule has 0 spiro atoms. The van der Waals surface area contributed by atoms with Crippen LogP contribution >= 0.6 is 24.4 Å². The number of nitrogens with zero attached hydrogens (tertiary/aromatic N) is 6. The van der Waals surface area contributed by atoms with Gasteiger partial charge in [0, 0.05) is 18.7 Å². The van der Waals surface area contributed by atoms with Crippen molar-refractivity contribution in [1.29, 1.82) is 0 Å². The maximum absolute atomic E-state index is 5.78. The topological polar surface area (TPSA) is 120 Å². The average molecular weight is 546 g/mol. The lowest BCUT2D eigenvalue weighted by molar-refractivity contribution is 0.150. The van der Waals surface area contributed by atoms with Gasteiger partial charge in [-0.05, 0) is 72.9 Å². The van der Waals surface area contributed by atoms with Crippen LogP contribution in [0.1, 0.15) is 0 Å². The van der Waals surface area contributed by atoms with Gasteiger partial charge in [-0.1, -0.05) is 29.5 Å². The van der Waals surface area contributed by atoms with Gasteiger partial charge in [0.2, 0.25) is 0 Å². The molecule has 1 aliphatic rings. The number of pyridine rings is 1. The van der Waals surface area contributed by atoms with Crippen LogP contribution in [0.5, 0.6) is 5.75 Å². The van der Waals surface area contributed by atoms with E-state index in [-0.39, 0.29) is 9.88 Å². The first-order chi connectivity index (χ1) is 18.4. The zero-order valence-electron chi connectivity index (χ0n) is 21.0. The van der Waals surface area contributed by atoms with Crippen LogP contribution in [0.4, 0.5) is 11.5 Å². The predicted molar refractivity (Wildman–Crippen MR) is 156 cm³/mol. The Morgan fingerprint density at radius 2 is 1.71 bits per heavy atom. The zero-order valence-corrected chi connectivity index (χ0v) is 22.6. The molecule has 0 unspecified atom stereocenters. The van der Waals surface area contributed by atoms with E-state index in [0.717, 1.165) is 65.4 Å². The molecule has 0 atom stereocenters. The number of H-pyrrole nitrogens is 1. The molecule has 5 rings (SSSR count). The molecule has 4 aromatic rings.